The summed E-state index contributed by atoms with van der Waals surface area (Å²) in [5.41, 5.74) is 5.16. The third-order valence-electron chi connectivity index (χ3n) is 5.33. The van der Waals surface area contributed by atoms with Crippen molar-refractivity contribution in [2.45, 2.75) is 53.5 Å². The fourth-order valence-corrected chi connectivity index (χ4v) is 4.60. The molecule has 0 aromatic heterocycles. The number of para-hydroxylation sites is 2. The summed E-state index contributed by atoms with van der Waals surface area (Å²) in [6, 6.07) is 11.2. The number of hydrogen-bond acceptors (Lipinski definition) is 4. The highest BCUT2D eigenvalue weighted by atomic mass is 32.2. The third kappa shape index (κ3) is 6.72. The number of amides is 1. The van der Waals surface area contributed by atoms with Crippen LogP contribution in [-0.4, -0.2) is 33.7 Å². The standard InChI is InChI=1S/C24H34N2O4S/c1-7-30-23-12-9-8-11-22(23)26(31(6,28)29)14-10-13-24(27)25-20(5)21-16-18(3)17(2)15-19(21)4/h8-9,11-12,15-16,20H,7,10,13-14H2,1-6H3,(H,25,27). The average molecular weight is 447 g/mol. The topological polar surface area (TPSA) is 75.7 Å². The summed E-state index contributed by atoms with van der Waals surface area (Å²) in [6.07, 6.45) is 1.80. The molecule has 2 aromatic rings. The molecule has 0 aliphatic carbocycles. The van der Waals surface area contributed by atoms with E-state index in [1.165, 1.54) is 21.7 Å². The van der Waals surface area contributed by atoms with Gasteiger partial charge in [-0.1, -0.05) is 24.3 Å². The maximum Gasteiger partial charge on any atom is 0.232 e. The summed E-state index contributed by atoms with van der Waals surface area (Å²) in [4.78, 5) is 12.5. The average Bonchev–Trinajstić information content (AvgIpc) is 2.68. The summed E-state index contributed by atoms with van der Waals surface area (Å²) in [7, 11) is -3.52. The molecule has 0 bridgehead atoms. The summed E-state index contributed by atoms with van der Waals surface area (Å²) in [6.45, 7) is 10.6. The van der Waals surface area contributed by atoms with E-state index in [4.69, 9.17) is 4.74 Å². The van der Waals surface area contributed by atoms with Crippen LogP contribution in [-0.2, 0) is 14.8 Å². The van der Waals surface area contributed by atoms with Gasteiger partial charge >= 0.3 is 0 Å². The van der Waals surface area contributed by atoms with Crippen LogP contribution < -0.4 is 14.4 Å². The molecular formula is C24H34N2O4S. The molecule has 0 heterocycles. The largest absolute Gasteiger partial charge is 0.492 e. The van der Waals surface area contributed by atoms with E-state index >= 15 is 0 Å². The second-order valence-electron chi connectivity index (χ2n) is 7.92. The predicted molar refractivity (Wildman–Crippen MR) is 126 cm³/mol. The number of rotatable bonds is 10. The van der Waals surface area contributed by atoms with Gasteiger partial charge in [-0.25, -0.2) is 8.42 Å². The molecule has 6 nitrogen and oxygen atoms in total. The van der Waals surface area contributed by atoms with E-state index < -0.39 is 10.0 Å². The number of sulfonamides is 1. The third-order valence-corrected chi connectivity index (χ3v) is 6.51. The minimum Gasteiger partial charge on any atom is -0.492 e. The Bertz CT molecular complexity index is 1020. The minimum absolute atomic E-state index is 0.100. The number of nitrogens with one attached hydrogen (secondary N) is 1. The quantitative estimate of drug-likeness (QED) is 0.586. The van der Waals surface area contributed by atoms with Crippen molar-refractivity contribution in [1.29, 1.82) is 0 Å². The van der Waals surface area contributed by atoms with Gasteiger partial charge in [-0.3, -0.25) is 9.10 Å². The molecule has 31 heavy (non-hydrogen) atoms. The fraction of sp³-hybridized carbons (Fsp3) is 0.458. The van der Waals surface area contributed by atoms with E-state index in [1.807, 2.05) is 20.8 Å². The van der Waals surface area contributed by atoms with Crippen molar-refractivity contribution in [3.05, 3.63) is 58.7 Å². The van der Waals surface area contributed by atoms with E-state index in [-0.39, 0.29) is 24.9 Å². The highest BCUT2D eigenvalue weighted by Crippen LogP contribution is 2.30. The Labute approximate surface area is 186 Å². The lowest BCUT2D eigenvalue weighted by Gasteiger charge is -2.24. The number of hydrogen-bond donors (Lipinski definition) is 1. The zero-order chi connectivity index (χ0) is 23.2. The first-order chi connectivity index (χ1) is 14.5. The molecule has 0 fully saturated rings. The van der Waals surface area contributed by atoms with Crippen LogP contribution in [0.4, 0.5) is 5.69 Å². The van der Waals surface area contributed by atoms with Crippen LogP contribution in [0.3, 0.4) is 0 Å². The number of anilines is 1. The number of benzene rings is 2. The molecule has 0 saturated heterocycles. The Hall–Kier alpha value is -2.54. The van der Waals surface area contributed by atoms with Gasteiger partial charge in [-0.05, 0) is 75.4 Å². The summed E-state index contributed by atoms with van der Waals surface area (Å²) >= 11 is 0. The van der Waals surface area contributed by atoms with Crippen molar-refractivity contribution in [3.8, 4) is 5.75 Å². The highest BCUT2D eigenvalue weighted by Gasteiger charge is 2.21. The maximum atomic E-state index is 12.5. The zero-order valence-electron chi connectivity index (χ0n) is 19.4. The SMILES string of the molecule is CCOc1ccccc1N(CCCC(=O)NC(C)c1cc(C)c(C)cc1C)S(C)(=O)=O. The van der Waals surface area contributed by atoms with Crippen LogP contribution >= 0.6 is 0 Å². The highest BCUT2D eigenvalue weighted by molar-refractivity contribution is 7.92. The number of aryl methyl sites for hydroxylation is 3. The van der Waals surface area contributed by atoms with Gasteiger partial charge in [0, 0.05) is 13.0 Å². The van der Waals surface area contributed by atoms with Crippen molar-refractivity contribution in [2.75, 3.05) is 23.7 Å². The Balaban J connectivity index is 2.03. The molecule has 1 unspecified atom stereocenters. The van der Waals surface area contributed by atoms with Gasteiger partial charge < -0.3 is 10.1 Å². The summed E-state index contributed by atoms with van der Waals surface area (Å²) < 4.78 is 31.7. The van der Waals surface area contributed by atoms with Crippen molar-refractivity contribution in [3.63, 3.8) is 0 Å². The lowest BCUT2D eigenvalue weighted by molar-refractivity contribution is -0.121. The van der Waals surface area contributed by atoms with E-state index in [0.717, 1.165) is 11.1 Å². The molecule has 2 aromatic carbocycles. The molecule has 1 N–H and O–H groups in total. The first-order valence-electron chi connectivity index (χ1n) is 10.6. The van der Waals surface area contributed by atoms with Crippen LogP contribution in [0.1, 0.15) is 55.0 Å². The van der Waals surface area contributed by atoms with Crippen molar-refractivity contribution < 1.29 is 17.9 Å². The Kier molecular flexibility index (Phi) is 8.51. The summed E-state index contributed by atoms with van der Waals surface area (Å²) in [5.74, 6) is 0.412. The number of carbonyl (C=O) groups is 1. The van der Waals surface area contributed by atoms with Gasteiger partial charge in [-0.15, -0.1) is 0 Å². The maximum absolute atomic E-state index is 12.5. The predicted octanol–water partition coefficient (Wildman–Crippen LogP) is 4.43. The number of ether oxygens (including phenoxy) is 1. The Morgan fingerprint density at radius 3 is 2.39 bits per heavy atom. The fourth-order valence-electron chi connectivity index (χ4n) is 3.63. The van der Waals surface area contributed by atoms with Crippen molar-refractivity contribution in [1.82, 2.24) is 5.32 Å². The molecule has 0 saturated carbocycles. The van der Waals surface area contributed by atoms with E-state index in [9.17, 15) is 13.2 Å². The molecular weight excluding hydrogens is 412 g/mol. The van der Waals surface area contributed by atoms with Gasteiger partial charge in [0.1, 0.15) is 5.75 Å². The van der Waals surface area contributed by atoms with E-state index in [1.54, 1.807) is 24.3 Å². The first-order valence-corrected chi connectivity index (χ1v) is 12.5. The van der Waals surface area contributed by atoms with E-state index in [2.05, 4.69) is 31.3 Å². The molecule has 0 aliphatic heterocycles. The minimum atomic E-state index is -3.52. The van der Waals surface area contributed by atoms with Crippen LogP contribution in [0.25, 0.3) is 0 Å². The Morgan fingerprint density at radius 1 is 1.10 bits per heavy atom. The molecule has 0 spiro atoms. The molecule has 0 radical (unpaired) electrons. The molecule has 7 heteroatoms. The number of nitrogens with zero attached hydrogens (tertiary/aromatic N) is 1. The van der Waals surface area contributed by atoms with Crippen LogP contribution in [0.5, 0.6) is 5.75 Å². The monoisotopic (exact) mass is 446 g/mol. The van der Waals surface area contributed by atoms with Crippen molar-refractivity contribution >= 4 is 21.6 Å². The normalized spacial score (nSPS) is 12.3. The summed E-state index contributed by atoms with van der Waals surface area (Å²) in [5, 5.41) is 3.04. The molecule has 0 aliphatic rings. The van der Waals surface area contributed by atoms with Crippen molar-refractivity contribution in [2.24, 2.45) is 0 Å². The second-order valence-corrected chi connectivity index (χ2v) is 9.83. The van der Waals surface area contributed by atoms with Gasteiger partial charge in [0.25, 0.3) is 0 Å². The second kappa shape index (κ2) is 10.7. The van der Waals surface area contributed by atoms with Gasteiger partial charge in [0.05, 0.1) is 24.6 Å². The molecule has 170 valence electrons. The van der Waals surface area contributed by atoms with Crippen LogP contribution in [0, 0.1) is 20.8 Å². The van der Waals surface area contributed by atoms with Gasteiger partial charge in [0.2, 0.25) is 15.9 Å². The Morgan fingerprint density at radius 2 is 1.74 bits per heavy atom. The smallest absolute Gasteiger partial charge is 0.232 e. The lowest BCUT2D eigenvalue weighted by atomic mass is 9.96. The molecule has 1 atom stereocenters. The first kappa shape index (κ1) is 24.7. The number of carbonyl (C=O) groups excluding carboxylic acids is 1. The van der Waals surface area contributed by atoms with Crippen LogP contribution in [0.15, 0.2) is 36.4 Å². The molecule has 1 amide bonds. The lowest BCUT2D eigenvalue weighted by Crippen LogP contribution is -2.33. The van der Waals surface area contributed by atoms with Gasteiger partial charge in [0.15, 0.2) is 0 Å². The van der Waals surface area contributed by atoms with Gasteiger partial charge in [-0.2, -0.15) is 0 Å². The van der Waals surface area contributed by atoms with Crippen LogP contribution in [0.2, 0.25) is 0 Å². The van der Waals surface area contributed by atoms with E-state index in [0.29, 0.717) is 24.5 Å². The molecule has 2 rings (SSSR count). The zero-order valence-corrected chi connectivity index (χ0v) is 20.2.